The summed E-state index contributed by atoms with van der Waals surface area (Å²) in [6.07, 6.45) is 0.787. The van der Waals surface area contributed by atoms with Gasteiger partial charge in [0.05, 0.1) is 12.3 Å². The minimum atomic E-state index is -0.229. The minimum absolute atomic E-state index is 0.229. The maximum Gasteiger partial charge on any atom is 0.344 e. The predicted molar refractivity (Wildman–Crippen MR) is 90.8 cm³/mol. The van der Waals surface area contributed by atoms with Crippen LogP contribution in [0.5, 0.6) is 0 Å². The monoisotopic (exact) mass is 345 g/mol. The van der Waals surface area contributed by atoms with Crippen molar-refractivity contribution >= 4 is 11.8 Å². The lowest BCUT2D eigenvalue weighted by molar-refractivity contribution is 0.382. The first-order valence-corrected chi connectivity index (χ1v) is 8.73. The number of aromatic amines is 1. The zero-order valence-corrected chi connectivity index (χ0v) is 14.4. The Hall–Kier alpha value is -2.35. The van der Waals surface area contributed by atoms with Gasteiger partial charge in [0.1, 0.15) is 0 Å². The maximum atomic E-state index is 12.0. The highest BCUT2D eigenvalue weighted by Gasteiger charge is 2.13. The molecule has 3 rings (SSSR count). The first kappa shape index (κ1) is 16.5. The Bertz CT molecular complexity index is 838. The van der Waals surface area contributed by atoms with E-state index >= 15 is 0 Å². The first-order valence-electron chi connectivity index (χ1n) is 7.75. The quantitative estimate of drug-likeness (QED) is 0.662. The second-order valence-corrected chi connectivity index (χ2v) is 6.82. The number of benzene rings is 1. The molecule has 24 heavy (non-hydrogen) atoms. The van der Waals surface area contributed by atoms with E-state index in [2.05, 4.69) is 34.2 Å². The summed E-state index contributed by atoms with van der Waals surface area (Å²) in [6.45, 7) is 4.69. The maximum absolute atomic E-state index is 12.0. The summed E-state index contributed by atoms with van der Waals surface area (Å²) in [5.74, 6) is 2.21. The summed E-state index contributed by atoms with van der Waals surface area (Å²) >= 11 is 1.40. The molecule has 0 aliphatic rings. The van der Waals surface area contributed by atoms with Crippen LogP contribution in [0.15, 0.2) is 44.8 Å². The van der Waals surface area contributed by atoms with E-state index in [1.54, 1.807) is 4.57 Å². The fraction of sp³-hybridized carbons (Fsp3) is 0.375. The molecule has 0 unspecified atom stereocenters. The Morgan fingerprint density at radius 2 is 2.08 bits per heavy atom. The van der Waals surface area contributed by atoms with Crippen LogP contribution in [-0.4, -0.2) is 24.9 Å². The van der Waals surface area contributed by atoms with Gasteiger partial charge >= 0.3 is 5.69 Å². The van der Waals surface area contributed by atoms with Gasteiger partial charge in [-0.3, -0.25) is 4.57 Å². The number of hydrogen-bond acceptors (Lipinski definition) is 6. The van der Waals surface area contributed by atoms with Crippen LogP contribution in [0, 0.1) is 5.92 Å². The summed E-state index contributed by atoms with van der Waals surface area (Å²) in [5, 5.41) is 11.1. The van der Waals surface area contributed by atoms with Gasteiger partial charge in [-0.1, -0.05) is 61.1 Å². The van der Waals surface area contributed by atoms with Crippen molar-refractivity contribution in [2.24, 2.45) is 5.92 Å². The molecule has 0 aliphatic heterocycles. The highest BCUT2D eigenvalue weighted by atomic mass is 32.2. The molecule has 0 fully saturated rings. The molecule has 2 aromatic heterocycles. The third-order valence-electron chi connectivity index (χ3n) is 3.33. The van der Waals surface area contributed by atoms with E-state index in [0.717, 1.165) is 12.0 Å². The van der Waals surface area contributed by atoms with Crippen LogP contribution in [0.2, 0.25) is 0 Å². The molecule has 0 bridgehead atoms. The molecular weight excluding hydrogens is 326 g/mol. The normalized spacial score (nSPS) is 11.3. The molecule has 3 aromatic rings. The van der Waals surface area contributed by atoms with Crippen molar-refractivity contribution in [1.82, 2.24) is 24.9 Å². The molecule has 7 nitrogen and oxygen atoms in total. The van der Waals surface area contributed by atoms with Gasteiger partial charge < -0.3 is 4.52 Å². The van der Waals surface area contributed by atoms with Crippen molar-refractivity contribution in [2.75, 3.05) is 0 Å². The van der Waals surface area contributed by atoms with E-state index in [-0.39, 0.29) is 5.69 Å². The molecule has 1 N–H and O–H groups in total. The van der Waals surface area contributed by atoms with E-state index in [0.29, 0.717) is 35.1 Å². The van der Waals surface area contributed by atoms with Crippen LogP contribution in [0.3, 0.4) is 0 Å². The number of H-pyrrole nitrogens is 1. The van der Waals surface area contributed by atoms with Gasteiger partial charge in [0.15, 0.2) is 11.0 Å². The highest BCUT2D eigenvalue weighted by Crippen LogP contribution is 2.19. The van der Waals surface area contributed by atoms with Gasteiger partial charge in [-0.15, -0.1) is 5.10 Å². The molecule has 0 amide bonds. The molecule has 0 atom stereocenters. The lowest BCUT2D eigenvalue weighted by Gasteiger charge is -2.04. The first-order chi connectivity index (χ1) is 11.6. The zero-order chi connectivity index (χ0) is 16.9. The van der Waals surface area contributed by atoms with Crippen molar-refractivity contribution in [3.8, 4) is 0 Å². The molecule has 0 saturated heterocycles. The van der Waals surface area contributed by atoms with Crippen LogP contribution in [0.25, 0.3) is 0 Å². The fourth-order valence-electron chi connectivity index (χ4n) is 2.24. The molecule has 126 valence electrons. The van der Waals surface area contributed by atoms with E-state index < -0.39 is 0 Å². The standard InChI is InChI=1S/C16H19N5O2S/c1-11(2)8-13-17-14(23-20-13)10-24-16-19-18-15(22)21(16)9-12-6-4-3-5-7-12/h3-7,11H,8-10H2,1-2H3,(H,18,22). The Labute approximate surface area is 143 Å². The van der Waals surface area contributed by atoms with Crippen LogP contribution in [0.1, 0.15) is 31.1 Å². The van der Waals surface area contributed by atoms with Crippen molar-refractivity contribution in [1.29, 1.82) is 0 Å². The van der Waals surface area contributed by atoms with Crippen molar-refractivity contribution < 1.29 is 4.52 Å². The predicted octanol–water partition coefficient (Wildman–Crippen LogP) is 2.49. The van der Waals surface area contributed by atoms with Crippen molar-refractivity contribution in [2.45, 2.75) is 37.7 Å². The van der Waals surface area contributed by atoms with Gasteiger partial charge in [-0.25, -0.2) is 9.89 Å². The van der Waals surface area contributed by atoms with Gasteiger partial charge in [-0.05, 0) is 11.5 Å². The summed E-state index contributed by atoms with van der Waals surface area (Å²) in [7, 11) is 0. The molecule has 0 radical (unpaired) electrons. The number of nitrogens with one attached hydrogen (secondary N) is 1. The van der Waals surface area contributed by atoms with Gasteiger partial charge in [0, 0.05) is 6.42 Å². The van der Waals surface area contributed by atoms with E-state index in [9.17, 15) is 4.79 Å². The van der Waals surface area contributed by atoms with E-state index in [1.807, 2.05) is 30.3 Å². The van der Waals surface area contributed by atoms with Crippen molar-refractivity contribution in [3.05, 3.63) is 58.1 Å². The number of rotatable bonds is 7. The number of nitrogens with zero attached hydrogens (tertiary/aromatic N) is 4. The van der Waals surface area contributed by atoms with Gasteiger partial charge in [-0.2, -0.15) is 4.98 Å². The molecular formula is C16H19N5O2S. The van der Waals surface area contributed by atoms with Crippen LogP contribution >= 0.6 is 11.8 Å². The highest BCUT2D eigenvalue weighted by molar-refractivity contribution is 7.98. The number of aromatic nitrogens is 5. The van der Waals surface area contributed by atoms with Crippen LogP contribution in [0.4, 0.5) is 0 Å². The number of hydrogen-bond donors (Lipinski definition) is 1. The van der Waals surface area contributed by atoms with Crippen molar-refractivity contribution in [3.63, 3.8) is 0 Å². The Balaban J connectivity index is 1.67. The summed E-state index contributed by atoms with van der Waals surface area (Å²) in [6, 6.07) is 9.79. The zero-order valence-electron chi connectivity index (χ0n) is 13.6. The van der Waals surface area contributed by atoms with Gasteiger partial charge in [0.25, 0.3) is 0 Å². The summed E-state index contributed by atoms with van der Waals surface area (Å²) in [5.41, 5.74) is 0.812. The minimum Gasteiger partial charge on any atom is -0.338 e. The molecule has 1 aromatic carbocycles. The molecule has 0 spiro atoms. The summed E-state index contributed by atoms with van der Waals surface area (Å²) < 4.78 is 6.85. The third-order valence-corrected chi connectivity index (χ3v) is 4.29. The second-order valence-electron chi connectivity index (χ2n) is 5.87. The smallest absolute Gasteiger partial charge is 0.338 e. The fourth-order valence-corrected chi connectivity index (χ4v) is 3.03. The third kappa shape index (κ3) is 4.14. The lowest BCUT2D eigenvalue weighted by atomic mass is 10.1. The Morgan fingerprint density at radius 3 is 2.83 bits per heavy atom. The Kier molecular flexibility index (Phi) is 5.14. The lowest BCUT2D eigenvalue weighted by Crippen LogP contribution is -2.18. The second kappa shape index (κ2) is 7.48. The molecule has 0 aliphatic carbocycles. The molecule has 8 heteroatoms. The largest absolute Gasteiger partial charge is 0.344 e. The SMILES string of the molecule is CC(C)Cc1noc(CSc2n[nH]c(=O)n2Cc2ccccc2)n1. The number of thioether (sulfide) groups is 1. The Morgan fingerprint density at radius 1 is 1.29 bits per heavy atom. The average molecular weight is 345 g/mol. The molecule has 0 saturated carbocycles. The van der Waals surface area contributed by atoms with Gasteiger partial charge in [0.2, 0.25) is 5.89 Å². The van der Waals surface area contributed by atoms with Crippen LogP contribution < -0.4 is 5.69 Å². The summed E-state index contributed by atoms with van der Waals surface area (Å²) in [4.78, 5) is 16.3. The topological polar surface area (TPSA) is 89.6 Å². The molecule has 2 heterocycles. The van der Waals surface area contributed by atoms with E-state index in [1.165, 1.54) is 11.8 Å². The average Bonchev–Trinajstić information content (AvgIpc) is 3.14. The van der Waals surface area contributed by atoms with Crippen LogP contribution in [-0.2, 0) is 18.7 Å². The van der Waals surface area contributed by atoms with E-state index in [4.69, 9.17) is 4.52 Å².